The molecule has 0 amide bonds. The van der Waals surface area contributed by atoms with Gasteiger partial charge in [-0.3, -0.25) is 10.2 Å². The number of aromatic nitrogens is 1. The molecule has 3 N–H and O–H groups in total. The van der Waals surface area contributed by atoms with E-state index in [1.807, 2.05) is 0 Å². The predicted molar refractivity (Wildman–Crippen MR) is 118 cm³/mol. The number of hydrogen-bond acceptors (Lipinski definition) is 5. The van der Waals surface area contributed by atoms with Gasteiger partial charge in [0.05, 0.1) is 21.6 Å². The van der Waals surface area contributed by atoms with E-state index in [2.05, 4.69) is 10.0 Å². The molecule has 0 spiro atoms. The summed E-state index contributed by atoms with van der Waals surface area (Å²) in [6.45, 7) is 0.146. The number of sulfonamides is 1. The van der Waals surface area contributed by atoms with Gasteiger partial charge in [0, 0.05) is 36.1 Å². The first kappa shape index (κ1) is 22.5. The van der Waals surface area contributed by atoms with Crippen LogP contribution in [0, 0.1) is 5.41 Å². The van der Waals surface area contributed by atoms with Gasteiger partial charge in [-0.1, -0.05) is 12.1 Å². The first-order valence-corrected chi connectivity index (χ1v) is 12.0. The zero-order valence-electron chi connectivity index (χ0n) is 16.8. The van der Waals surface area contributed by atoms with E-state index in [1.54, 1.807) is 12.1 Å². The van der Waals surface area contributed by atoms with Crippen LogP contribution < -0.4 is 15.6 Å². The second kappa shape index (κ2) is 8.01. The number of halogens is 3. The lowest BCUT2D eigenvalue weighted by molar-refractivity contribution is -0.137. The molecule has 3 heterocycles. The van der Waals surface area contributed by atoms with Crippen LogP contribution >= 0.6 is 11.3 Å². The van der Waals surface area contributed by atoms with Crippen molar-refractivity contribution in [3.05, 3.63) is 57.3 Å². The van der Waals surface area contributed by atoms with Crippen LogP contribution in [0.25, 0.3) is 21.2 Å². The zero-order chi connectivity index (χ0) is 23.3. The van der Waals surface area contributed by atoms with E-state index in [0.29, 0.717) is 32.5 Å². The Labute approximate surface area is 185 Å². The van der Waals surface area contributed by atoms with Crippen LogP contribution in [0.4, 0.5) is 13.2 Å². The highest BCUT2D eigenvalue weighted by Crippen LogP contribution is 2.36. The molecule has 0 aliphatic carbocycles. The molecule has 1 fully saturated rings. The van der Waals surface area contributed by atoms with Crippen molar-refractivity contribution in [3.63, 3.8) is 0 Å². The highest BCUT2D eigenvalue weighted by atomic mass is 32.2. The quantitative estimate of drug-likeness (QED) is 0.393. The molecule has 4 rings (SSSR count). The SMILES string of the molecule is Cn1cc(-c2cccc(C(F)(F)F)c2)c2sc(C(=N)NC3CCS(=O)(=O)NC3)cc2c1=O. The van der Waals surface area contributed by atoms with Gasteiger partial charge in [-0.15, -0.1) is 11.3 Å². The van der Waals surface area contributed by atoms with Crippen molar-refractivity contribution in [2.75, 3.05) is 12.3 Å². The molecule has 0 radical (unpaired) electrons. The summed E-state index contributed by atoms with van der Waals surface area (Å²) in [7, 11) is -1.76. The molecule has 1 aliphatic heterocycles. The van der Waals surface area contributed by atoms with Crippen molar-refractivity contribution in [2.24, 2.45) is 7.05 Å². The van der Waals surface area contributed by atoms with Crippen LogP contribution in [-0.4, -0.2) is 37.2 Å². The lowest BCUT2D eigenvalue weighted by Gasteiger charge is -2.24. The zero-order valence-corrected chi connectivity index (χ0v) is 18.4. The minimum atomic E-state index is -4.50. The lowest BCUT2D eigenvalue weighted by atomic mass is 10.0. The van der Waals surface area contributed by atoms with Crippen LogP contribution in [0.1, 0.15) is 16.9 Å². The van der Waals surface area contributed by atoms with E-state index in [1.165, 1.54) is 23.9 Å². The molecule has 12 heteroatoms. The van der Waals surface area contributed by atoms with Crippen LogP contribution in [0.2, 0.25) is 0 Å². The number of nitrogens with one attached hydrogen (secondary N) is 3. The Hall–Kier alpha value is -2.70. The second-order valence-corrected chi connectivity index (χ2v) is 10.5. The number of hydrogen-bond donors (Lipinski definition) is 3. The average Bonchev–Trinajstić information content (AvgIpc) is 3.18. The molecule has 1 atom stereocenters. The van der Waals surface area contributed by atoms with Crippen molar-refractivity contribution in [1.29, 1.82) is 5.41 Å². The number of fused-ring (bicyclic) bond motifs is 1. The average molecular weight is 485 g/mol. The Kier molecular flexibility index (Phi) is 5.63. The fourth-order valence-corrected chi connectivity index (χ4v) is 5.83. The van der Waals surface area contributed by atoms with E-state index in [-0.39, 0.29) is 29.7 Å². The summed E-state index contributed by atoms with van der Waals surface area (Å²) in [4.78, 5) is 13.1. The molecular formula is C20H19F3N4O3S2. The van der Waals surface area contributed by atoms with E-state index in [4.69, 9.17) is 5.41 Å². The van der Waals surface area contributed by atoms with Crippen molar-refractivity contribution in [1.82, 2.24) is 14.6 Å². The third-order valence-electron chi connectivity index (χ3n) is 5.23. The van der Waals surface area contributed by atoms with Gasteiger partial charge in [0.1, 0.15) is 5.84 Å². The number of thiophene rings is 1. The fraction of sp³-hybridized carbons (Fsp3) is 0.300. The standard InChI is InChI=1S/C20H19F3N4O3S2/c1-27-10-15(11-3-2-4-12(7-11)20(21,22)23)17-14(19(27)28)8-16(31-17)18(24)26-13-5-6-32(29,30)25-9-13/h2-4,7-8,10,13,25H,5-6,9H2,1H3,(H2,24,26). The molecule has 1 saturated heterocycles. The maximum Gasteiger partial charge on any atom is 0.416 e. The van der Waals surface area contributed by atoms with Crippen LogP contribution in [0.5, 0.6) is 0 Å². The third-order valence-corrected chi connectivity index (χ3v) is 7.80. The van der Waals surface area contributed by atoms with Gasteiger partial charge in [0.15, 0.2) is 0 Å². The topological polar surface area (TPSA) is 104 Å². The van der Waals surface area contributed by atoms with Crippen molar-refractivity contribution < 1.29 is 21.6 Å². The largest absolute Gasteiger partial charge is 0.416 e. The summed E-state index contributed by atoms with van der Waals surface area (Å²) in [5.74, 6) is -0.0285. The number of nitrogens with zero attached hydrogens (tertiary/aromatic N) is 1. The molecular weight excluding hydrogens is 465 g/mol. The van der Waals surface area contributed by atoms with Crippen molar-refractivity contribution >= 4 is 37.3 Å². The number of alkyl halides is 3. The molecule has 0 saturated carbocycles. The van der Waals surface area contributed by atoms with Crippen molar-refractivity contribution in [3.8, 4) is 11.1 Å². The van der Waals surface area contributed by atoms with Gasteiger partial charge < -0.3 is 9.88 Å². The molecule has 32 heavy (non-hydrogen) atoms. The van der Waals surface area contributed by atoms with E-state index < -0.39 is 21.8 Å². The van der Waals surface area contributed by atoms with E-state index in [0.717, 1.165) is 23.5 Å². The molecule has 3 aromatic rings. The molecule has 7 nitrogen and oxygen atoms in total. The maximum atomic E-state index is 13.2. The maximum absolute atomic E-state index is 13.2. The van der Waals surface area contributed by atoms with Crippen LogP contribution in [0.15, 0.2) is 41.3 Å². The number of benzene rings is 1. The Morgan fingerprint density at radius 1 is 1.31 bits per heavy atom. The van der Waals surface area contributed by atoms with Gasteiger partial charge in [0.2, 0.25) is 10.0 Å². The molecule has 1 aromatic carbocycles. The summed E-state index contributed by atoms with van der Waals surface area (Å²) in [5, 5.41) is 11.6. The highest BCUT2D eigenvalue weighted by molar-refractivity contribution is 7.89. The fourth-order valence-electron chi connectivity index (χ4n) is 3.54. The van der Waals surface area contributed by atoms with Crippen LogP contribution in [0.3, 0.4) is 0 Å². The van der Waals surface area contributed by atoms with E-state index >= 15 is 0 Å². The van der Waals surface area contributed by atoms with E-state index in [9.17, 15) is 26.4 Å². The van der Waals surface area contributed by atoms with Gasteiger partial charge in [-0.25, -0.2) is 13.1 Å². The summed E-state index contributed by atoms with van der Waals surface area (Å²) >= 11 is 1.13. The smallest absolute Gasteiger partial charge is 0.365 e. The predicted octanol–water partition coefficient (Wildman–Crippen LogP) is 2.89. The lowest BCUT2D eigenvalue weighted by Crippen LogP contribution is -2.49. The third kappa shape index (κ3) is 4.43. The monoisotopic (exact) mass is 484 g/mol. The summed E-state index contributed by atoms with van der Waals surface area (Å²) in [6, 6.07) is 6.16. The van der Waals surface area contributed by atoms with Crippen LogP contribution in [-0.2, 0) is 23.2 Å². The van der Waals surface area contributed by atoms with Gasteiger partial charge in [0.25, 0.3) is 5.56 Å². The molecule has 2 aromatic heterocycles. The highest BCUT2D eigenvalue weighted by Gasteiger charge is 2.31. The molecule has 1 unspecified atom stereocenters. The minimum absolute atomic E-state index is 0.0225. The number of amidine groups is 1. The van der Waals surface area contributed by atoms with Crippen molar-refractivity contribution in [2.45, 2.75) is 18.6 Å². The minimum Gasteiger partial charge on any atom is -0.365 e. The Bertz CT molecular complexity index is 1360. The second-order valence-electron chi connectivity index (χ2n) is 7.56. The summed E-state index contributed by atoms with van der Waals surface area (Å²) in [5.41, 5.74) is -0.336. The first-order chi connectivity index (χ1) is 14.9. The number of rotatable bonds is 3. The molecule has 1 aliphatic rings. The summed E-state index contributed by atoms with van der Waals surface area (Å²) < 4.78 is 66.8. The Balaban J connectivity index is 1.72. The van der Waals surface area contributed by atoms with Gasteiger partial charge in [-0.2, -0.15) is 13.2 Å². The van der Waals surface area contributed by atoms with Gasteiger partial charge >= 0.3 is 6.18 Å². The van der Waals surface area contributed by atoms with Gasteiger partial charge in [-0.05, 0) is 30.2 Å². The number of pyridine rings is 1. The Morgan fingerprint density at radius 3 is 2.72 bits per heavy atom. The normalized spacial score (nSPS) is 18.6. The first-order valence-electron chi connectivity index (χ1n) is 9.58. The Morgan fingerprint density at radius 2 is 2.06 bits per heavy atom. The number of aryl methyl sites for hydroxylation is 1. The molecule has 0 bridgehead atoms. The summed E-state index contributed by atoms with van der Waals surface area (Å²) in [6.07, 6.45) is -2.67. The molecule has 170 valence electrons.